The summed E-state index contributed by atoms with van der Waals surface area (Å²) in [4.78, 5) is 31.3. The van der Waals surface area contributed by atoms with Gasteiger partial charge in [-0.3, -0.25) is 9.69 Å². The largest absolute Gasteiger partial charge is 0.459 e. The molecule has 1 amide bonds. The lowest BCUT2D eigenvalue weighted by Gasteiger charge is -2.33. The molecule has 0 bridgehead atoms. The lowest BCUT2D eigenvalue weighted by Crippen LogP contribution is -2.40. The second-order valence-corrected chi connectivity index (χ2v) is 7.58. The highest BCUT2D eigenvalue weighted by atomic mass is 32.2. The molecule has 132 valence electrons. The number of carbonyl (C=O) groups excluding carboxylic acids is 2. The van der Waals surface area contributed by atoms with Crippen LogP contribution in [0.5, 0.6) is 0 Å². The van der Waals surface area contributed by atoms with Crippen molar-refractivity contribution in [2.45, 2.75) is 45.1 Å². The van der Waals surface area contributed by atoms with Gasteiger partial charge in [0.15, 0.2) is 5.17 Å². The standard InChI is InChI=1S/C18H19FN2O3S/c1-9(2)24-17(23)14-10(3)20-18-21(16(22)11(4)25-18)15(14)12-5-7-13(19)8-6-12/h5-9,11,15H,1-4H3. The first-order valence-corrected chi connectivity index (χ1v) is 8.93. The topological polar surface area (TPSA) is 59.0 Å². The van der Waals surface area contributed by atoms with Gasteiger partial charge in [-0.2, -0.15) is 0 Å². The van der Waals surface area contributed by atoms with Crippen LogP contribution in [0.3, 0.4) is 0 Å². The van der Waals surface area contributed by atoms with Crippen LogP contribution in [0.1, 0.15) is 39.3 Å². The maximum Gasteiger partial charge on any atom is 0.338 e. The number of amides is 1. The fourth-order valence-corrected chi connectivity index (χ4v) is 3.93. The summed E-state index contributed by atoms with van der Waals surface area (Å²) in [7, 11) is 0. The van der Waals surface area contributed by atoms with Crippen LogP contribution in [-0.2, 0) is 14.3 Å². The van der Waals surface area contributed by atoms with Crippen LogP contribution in [0.25, 0.3) is 0 Å². The lowest BCUT2D eigenvalue weighted by atomic mass is 9.94. The van der Waals surface area contributed by atoms with Crippen molar-refractivity contribution in [1.82, 2.24) is 4.90 Å². The lowest BCUT2D eigenvalue weighted by molar-refractivity contribution is -0.143. The van der Waals surface area contributed by atoms with Gasteiger partial charge >= 0.3 is 5.97 Å². The third kappa shape index (κ3) is 3.20. The summed E-state index contributed by atoms with van der Waals surface area (Å²) < 4.78 is 18.7. The molecule has 0 aromatic heterocycles. The monoisotopic (exact) mass is 362 g/mol. The van der Waals surface area contributed by atoms with E-state index >= 15 is 0 Å². The second kappa shape index (κ2) is 6.63. The Morgan fingerprint density at radius 1 is 1.32 bits per heavy atom. The summed E-state index contributed by atoms with van der Waals surface area (Å²) >= 11 is 1.36. The fourth-order valence-electron chi connectivity index (χ4n) is 2.90. The minimum atomic E-state index is -0.663. The van der Waals surface area contributed by atoms with Crippen molar-refractivity contribution >= 4 is 28.8 Å². The number of halogens is 1. The number of amidine groups is 1. The smallest absolute Gasteiger partial charge is 0.338 e. The first-order valence-electron chi connectivity index (χ1n) is 8.05. The normalized spacial score (nSPS) is 23.0. The molecule has 7 heteroatoms. The number of benzene rings is 1. The molecule has 1 fully saturated rings. The summed E-state index contributed by atoms with van der Waals surface area (Å²) in [6.07, 6.45) is -0.297. The number of allylic oxidation sites excluding steroid dienone is 1. The van der Waals surface area contributed by atoms with Gasteiger partial charge in [-0.25, -0.2) is 14.2 Å². The number of fused-ring (bicyclic) bond motifs is 1. The predicted octanol–water partition coefficient (Wildman–Crippen LogP) is 3.43. The Morgan fingerprint density at radius 2 is 1.96 bits per heavy atom. The molecule has 2 aliphatic heterocycles. The van der Waals surface area contributed by atoms with Crippen molar-refractivity contribution in [3.05, 3.63) is 46.9 Å². The van der Waals surface area contributed by atoms with Gasteiger partial charge in [-0.15, -0.1) is 0 Å². The minimum absolute atomic E-state index is 0.125. The van der Waals surface area contributed by atoms with E-state index in [9.17, 15) is 14.0 Å². The van der Waals surface area contributed by atoms with E-state index < -0.39 is 12.0 Å². The minimum Gasteiger partial charge on any atom is -0.459 e. The molecule has 5 nitrogen and oxygen atoms in total. The average Bonchev–Trinajstić information content (AvgIpc) is 2.80. The van der Waals surface area contributed by atoms with Gasteiger partial charge < -0.3 is 4.74 Å². The van der Waals surface area contributed by atoms with E-state index in [1.54, 1.807) is 39.8 Å². The molecule has 3 rings (SSSR count). The van der Waals surface area contributed by atoms with Gasteiger partial charge in [-0.05, 0) is 45.4 Å². The fraction of sp³-hybridized carbons (Fsp3) is 0.389. The number of nitrogens with zero attached hydrogens (tertiary/aromatic N) is 2. The number of carbonyl (C=O) groups is 2. The predicted molar refractivity (Wildman–Crippen MR) is 94.4 cm³/mol. The highest BCUT2D eigenvalue weighted by molar-refractivity contribution is 8.15. The zero-order valence-electron chi connectivity index (χ0n) is 14.4. The average molecular weight is 362 g/mol. The Hall–Kier alpha value is -2.15. The van der Waals surface area contributed by atoms with Crippen LogP contribution in [0.4, 0.5) is 4.39 Å². The molecule has 0 spiro atoms. The Balaban J connectivity index is 2.12. The van der Waals surface area contributed by atoms with Crippen molar-refractivity contribution in [2.24, 2.45) is 4.99 Å². The van der Waals surface area contributed by atoms with Crippen molar-refractivity contribution < 1.29 is 18.7 Å². The van der Waals surface area contributed by atoms with Crippen LogP contribution >= 0.6 is 11.8 Å². The highest BCUT2D eigenvalue weighted by Crippen LogP contribution is 2.43. The summed E-state index contributed by atoms with van der Waals surface area (Å²) in [5, 5.41) is 0.278. The number of hydrogen-bond donors (Lipinski definition) is 0. The van der Waals surface area contributed by atoms with Gasteiger partial charge in [-0.1, -0.05) is 23.9 Å². The maximum absolute atomic E-state index is 13.4. The molecule has 0 aliphatic carbocycles. The van der Waals surface area contributed by atoms with E-state index in [2.05, 4.69) is 4.99 Å². The zero-order valence-corrected chi connectivity index (χ0v) is 15.3. The van der Waals surface area contributed by atoms with Crippen LogP contribution in [-0.4, -0.2) is 33.3 Å². The highest BCUT2D eigenvalue weighted by Gasteiger charge is 2.46. The molecule has 0 saturated carbocycles. The molecule has 2 heterocycles. The zero-order chi connectivity index (χ0) is 18.3. The molecule has 1 aromatic carbocycles. The van der Waals surface area contributed by atoms with Gasteiger partial charge in [0, 0.05) is 0 Å². The molecule has 2 aliphatic rings. The summed E-state index contributed by atoms with van der Waals surface area (Å²) in [5.41, 5.74) is 1.47. The van der Waals surface area contributed by atoms with Crippen molar-refractivity contribution in [2.75, 3.05) is 0 Å². The van der Waals surface area contributed by atoms with E-state index in [0.717, 1.165) is 0 Å². The van der Waals surface area contributed by atoms with E-state index in [-0.39, 0.29) is 23.1 Å². The molecule has 25 heavy (non-hydrogen) atoms. The Labute approximate surface area is 149 Å². The molecule has 2 unspecified atom stereocenters. The number of rotatable bonds is 3. The van der Waals surface area contributed by atoms with Crippen LogP contribution in [0, 0.1) is 5.82 Å². The summed E-state index contributed by atoms with van der Waals surface area (Å²) in [6.45, 7) is 7.05. The molecule has 1 saturated heterocycles. The number of ether oxygens (including phenoxy) is 1. The Bertz CT molecular complexity index is 786. The van der Waals surface area contributed by atoms with Crippen molar-refractivity contribution in [3.8, 4) is 0 Å². The van der Waals surface area contributed by atoms with Crippen LogP contribution in [0.15, 0.2) is 40.5 Å². The molecule has 1 aromatic rings. The first kappa shape index (κ1) is 17.7. The van der Waals surface area contributed by atoms with Crippen LogP contribution in [0.2, 0.25) is 0 Å². The summed E-state index contributed by atoms with van der Waals surface area (Å²) in [5.74, 6) is -1.02. The van der Waals surface area contributed by atoms with Gasteiger partial charge in [0.2, 0.25) is 5.91 Å². The molecular formula is C18H19FN2O3S. The Morgan fingerprint density at radius 3 is 2.56 bits per heavy atom. The summed E-state index contributed by atoms with van der Waals surface area (Å²) in [6, 6.07) is 5.14. The molecule has 0 radical (unpaired) electrons. The quantitative estimate of drug-likeness (QED) is 0.773. The van der Waals surface area contributed by atoms with E-state index in [1.807, 2.05) is 0 Å². The van der Waals surface area contributed by atoms with Crippen LogP contribution < -0.4 is 0 Å². The van der Waals surface area contributed by atoms with Gasteiger partial charge in [0.05, 0.1) is 28.7 Å². The van der Waals surface area contributed by atoms with E-state index in [1.165, 1.54) is 28.8 Å². The number of esters is 1. The second-order valence-electron chi connectivity index (χ2n) is 6.27. The molecule has 0 N–H and O–H groups in total. The third-order valence-electron chi connectivity index (χ3n) is 4.01. The number of hydrogen-bond acceptors (Lipinski definition) is 5. The molecular weight excluding hydrogens is 343 g/mol. The first-order chi connectivity index (χ1) is 11.8. The van der Waals surface area contributed by atoms with E-state index in [4.69, 9.17) is 4.74 Å². The number of aliphatic imine (C=N–C) groups is 1. The SMILES string of the molecule is CC1=C(C(=O)OC(C)C)C(c2ccc(F)cc2)N2C(=O)C(C)SC2=N1. The van der Waals surface area contributed by atoms with Gasteiger partial charge in [0.1, 0.15) is 5.82 Å². The van der Waals surface area contributed by atoms with E-state index in [0.29, 0.717) is 22.0 Å². The molecule has 2 atom stereocenters. The Kier molecular flexibility index (Phi) is 4.69. The van der Waals surface area contributed by atoms with Crippen molar-refractivity contribution in [3.63, 3.8) is 0 Å². The third-order valence-corrected chi connectivity index (χ3v) is 5.06. The number of thioether (sulfide) groups is 1. The van der Waals surface area contributed by atoms with Gasteiger partial charge in [0.25, 0.3) is 0 Å². The maximum atomic E-state index is 13.4. The van der Waals surface area contributed by atoms with Crippen molar-refractivity contribution in [1.29, 1.82) is 0 Å².